The summed E-state index contributed by atoms with van der Waals surface area (Å²) in [4.78, 5) is 10.4. The number of hydrogen-bond donors (Lipinski definition) is 1. The Kier molecular flexibility index (Phi) is 3.64. The van der Waals surface area contributed by atoms with Crippen LogP contribution in [0, 0.1) is 0 Å². The van der Waals surface area contributed by atoms with Gasteiger partial charge in [-0.3, -0.25) is 9.00 Å². The third kappa shape index (κ3) is 2.83. The number of carbonyl (C=O) groups is 1. The van der Waals surface area contributed by atoms with E-state index in [9.17, 15) is 9.00 Å². The van der Waals surface area contributed by atoms with Crippen molar-refractivity contribution in [3.63, 3.8) is 0 Å². The fourth-order valence-corrected chi connectivity index (χ4v) is 3.85. The summed E-state index contributed by atoms with van der Waals surface area (Å²) in [7, 11) is -1.28. The summed E-state index contributed by atoms with van der Waals surface area (Å²) in [5.41, 5.74) is 0.0537. The highest BCUT2D eigenvalue weighted by Gasteiger charge is 2.42. The normalized spacial score (nSPS) is 29.6. The summed E-state index contributed by atoms with van der Waals surface area (Å²) in [6.07, 6.45) is 6.70. The smallest absolute Gasteiger partial charge is 0.316 e. The van der Waals surface area contributed by atoms with E-state index in [1.807, 2.05) is 0 Å². The second-order valence-electron chi connectivity index (χ2n) is 4.81. The lowest BCUT2D eigenvalue weighted by molar-refractivity contribution is -0.133. The number of carboxylic acid groups (broad SMARTS) is 1. The minimum Gasteiger partial charge on any atom is -0.481 e. The topological polar surface area (TPSA) is 63.6 Å². The van der Waals surface area contributed by atoms with Crippen LogP contribution in [0.1, 0.15) is 38.5 Å². The molecule has 16 heavy (non-hydrogen) atoms. The Morgan fingerprint density at radius 2 is 2.06 bits per heavy atom. The van der Waals surface area contributed by atoms with E-state index in [2.05, 4.69) is 0 Å². The molecule has 1 spiro atoms. The van der Waals surface area contributed by atoms with Crippen molar-refractivity contribution >= 4 is 16.8 Å². The van der Waals surface area contributed by atoms with Crippen LogP contribution in [0.15, 0.2) is 0 Å². The Hall–Kier alpha value is -0.420. The number of aliphatic carboxylic acids is 1. The molecule has 2 fully saturated rings. The van der Waals surface area contributed by atoms with Gasteiger partial charge in [-0.15, -0.1) is 0 Å². The van der Waals surface area contributed by atoms with E-state index >= 15 is 0 Å². The molecular formula is C11H18O4S. The van der Waals surface area contributed by atoms with Gasteiger partial charge in [0.15, 0.2) is 0 Å². The summed E-state index contributed by atoms with van der Waals surface area (Å²) in [5, 5.41) is 8.53. The van der Waals surface area contributed by atoms with Gasteiger partial charge >= 0.3 is 5.97 Å². The van der Waals surface area contributed by atoms with Crippen LogP contribution in [0.4, 0.5) is 0 Å². The van der Waals surface area contributed by atoms with Crippen LogP contribution in [0.2, 0.25) is 0 Å². The molecule has 0 bridgehead atoms. The van der Waals surface area contributed by atoms with Crippen LogP contribution in [0.3, 0.4) is 0 Å². The first-order valence-electron chi connectivity index (χ1n) is 5.84. The molecule has 1 heterocycles. The molecule has 1 aliphatic heterocycles. The lowest BCUT2D eigenvalue weighted by Gasteiger charge is -2.23. The fourth-order valence-electron chi connectivity index (χ4n) is 2.80. The van der Waals surface area contributed by atoms with E-state index in [-0.39, 0.29) is 17.5 Å². The van der Waals surface area contributed by atoms with Gasteiger partial charge in [-0.2, -0.15) is 0 Å². The summed E-state index contributed by atoms with van der Waals surface area (Å²) < 4.78 is 17.4. The minimum absolute atomic E-state index is 0.0123. The fraction of sp³-hybridized carbons (Fsp3) is 0.909. The average molecular weight is 246 g/mol. The molecule has 2 rings (SSSR count). The first-order chi connectivity index (χ1) is 7.60. The number of rotatable bonds is 4. The molecule has 0 aromatic rings. The van der Waals surface area contributed by atoms with E-state index < -0.39 is 16.8 Å². The standard InChI is InChI=1S/C11H18O4S/c12-10(13)8-16(14)7-9-3-6-11(15-9)4-1-2-5-11/h9H,1-8H2,(H,12,13). The molecule has 0 aromatic carbocycles. The average Bonchev–Trinajstić information content (AvgIpc) is 2.76. The van der Waals surface area contributed by atoms with Gasteiger partial charge < -0.3 is 9.84 Å². The van der Waals surface area contributed by atoms with Crippen LogP contribution in [-0.4, -0.2) is 38.5 Å². The first kappa shape index (κ1) is 12.0. The molecule has 2 unspecified atom stereocenters. The van der Waals surface area contributed by atoms with Crippen molar-refractivity contribution < 1.29 is 18.8 Å². The summed E-state index contributed by atoms with van der Waals surface area (Å²) in [6.45, 7) is 0. The van der Waals surface area contributed by atoms with Gasteiger partial charge in [-0.05, 0) is 25.7 Å². The van der Waals surface area contributed by atoms with Gasteiger partial charge in [-0.1, -0.05) is 12.8 Å². The quantitative estimate of drug-likeness (QED) is 0.812. The van der Waals surface area contributed by atoms with Crippen LogP contribution >= 0.6 is 0 Å². The SMILES string of the molecule is O=C(O)CS(=O)CC1CCC2(CCCC2)O1. The zero-order chi connectivity index (χ0) is 11.6. The predicted octanol–water partition coefficient (Wildman–Crippen LogP) is 1.31. The van der Waals surface area contributed by atoms with Crippen molar-refractivity contribution in [3.05, 3.63) is 0 Å². The Labute approximate surface area is 97.8 Å². The maximum absolute atomic E-state index is 11.5. The second kappa shape index (κ2) is 4.84. The van der Waals surface area contributed by atoms with Crippen molar-refractivity contribution in [1.82, 2.24) is 0 Å². The van der Waals surface area contributed by atoms with Crippen molar-refractivity contribution in [1.29, 1.82) is 0 Å². The molecule has 5 heteroatoms. The predicted molar refractivity (Wildman–Crippen MR) is 60.8 cm³/mol. The van der Waals surface area contributed by atoms with Gasteiger partial charge in [0.2, 0.25) is 0 Å². The van der Waals surface area contributed by atoms with E-state index in [0.717, 1.165) is 25.7 Å². The molecule has 92 valence electrons. The van der Waals surface area contributed by atoms with Gasteiger partial charge in [0, 0.05) is 10.8 Å². The van der Waals surface area contributed by atoms with Crippen molar-refractivity contribution in [3.8, 4) is 0 Å². The summed E-state index contributed by atoms with van der Waals surface area (Å²) in [6, 6.07) is 0. The first-order valence-corrected chi connectivity index (χ1v) is 7.33. The molecule has 2 aliphatic rings. The lowest BCUT2D eigenvalue weighted by Crippen LogP contribution is -2.28. The molecule has 1 aliphatic carbocycles. The van der Waals surface area contributed by atoms with Crippen molar-refractivity contribution in [2.45, 2.75) is 50.2 Å². The third-order valence-corrected chi connectivity index (χ3v) is 4.82. The van der Waals surface area contributed by atoms with E-state index in [0.29, 0.717) is 5.75 Å². The second-order valence-corrected chi connectivity index (χ2v) is 6.31. The van der Waals surface area contributed by atoms with Gasteiger partial charge in [-0.25, -0.2) is 0 Å². The van der Waals surface area contributed by atoms with Crippen LogP contribution in [-0.2, 0) is 20.3 Å². The lowest BCUT2D eigenvalue weighted by atomic mass is 9.98. The molecule has 2 atom stereocenters. The van der Waals surface area contributed by atoms with E-state index in [1.54, 1.807) is 0 Å². The van der Waals surface area contributed by atoms with Gasteiger partial charge in [0.1, 0.15) is 5.75 Å². The monoisotopic (exact) mass is 246 g/mol. The van der Waals surface area contributed by atoms with E-state index in [4.69, 9.17) is 9.84 Å². The molecule has 1 N–H and O–H groups in total. The zero-order valence-corrected chi connectivity index (χ0v) is 10.1. The molecule has 1 saturated heterocycles. The molecule has 0 amide bonds. The van der Waals surface area contributed by atoms with Crippen LogP contribution < -0.4 is 0 Å². The maximum atomic E-state index is 11.5. The molecule has 0 aromatic heterocycles. The summed E-state index contributed by atoms with van der Waals surface area (Å²) >= 11 is 0. The van der Waals surface area contributed by atoms with Crippen molar-refractivity contribution in [2.24, 2.45) is 0 Å². The Morgan fingerprint density at radius 1 is 1.38 bits per heavy atom. The number of carboxylic acids is 1. The highest BCUT2D eigenvalue weighted by Crippen LogP contribution is 2.43. The Bertz CT molecular complexity index is 296. The van der Waals surface area contributed by atoms with Gasteiger partial charge in [0.25, 0.3) is 0 Å². The third-order valence-electron chi connectivity index (χ3n) is 3.51. The largest absolute Gasteiger partial charge is 0.481 e. The maximum Gasteiger partial charge on any atom is 0.316 e. The van der Waals surface area contributed by atoms with E-state index in [1.165, 1.54) is 12.8 Å². The Balaban J connectivity index is 1.80. The van der Waals surface area contributed by atoms with Gasteiger partial charge in [0.05, 0.1) is 17.5 Å². The molecule has 0 radical (unpaired) electrons. The Morgan fingerprint density at radius 3 is 2.69 bits per heavy atom. The highest BCUT2D eigenvalue weighted by atomic mass is 32.2. The number of hydrogen-bond acceptors (Lipinski definition) is 3. The van der Waals surface area contributed by atoms with Crippen LogP contribution in [0.25, 0.3) is 0 Å². The summed E-state index contributed by atoms with van der Waals surface area (Å²) in [5.74, 6) is -0.868. The minimum atomic E-state index is -1.28. The number of ether oxygens (including phenoxy) is 1. The van der Waals surface area contributed by atoms with Crippen LogP contribution in [0.5, 0.6) is 0 Å². The molecular weight excluding hydrogens is 228 g/mol. The molecule has 1 saturated carbocycles. The zero-order valence-electron chi connectivity index (χ0n) is 9.31. The highest BCUT2D eigenvalue weighted by molar-refractivity contribution is 7.85. The molecule has 4 nitrogen and oxygen atoms in total. The van der Waals surface area contributed by atoms with Crippen molar-refractivity contribution in [2.75, 3.05) is 11.5 Å².